The number of hydrogen-bond donors (Lipinski definition) is 0. The van der Waals surface area contributed by atoms with Crippen LogP contribution in [0, 0.1) is 5.41 Å². The molecule has 8 heteroatoms. The van der Waals surface area contributed by atoms with Crippen molar-refractivity contribution in [2.45, 2.75) is 33.2 Å². The van der Waals surface area contributed by atoms with E-state index >= 15 is 0 Å². The van der Waals surface area contributed by atoms with E-state index < -0.39 is 5.41 Å². The summed E-state index contributed by atoms with van der Waals surface area (Å²) in [5.41, 5.74) is -0.628. The fourth-order valence-corrected chi connectivity index (χ4v) is 3.10. The highest BCUT2D eigenvalue weighted by Crippen LogP contribution is 2.26. The summed E-state index contributed by atoms with van der Waals surface area (Å²) >= 11 is 0. The fourth-order valence-electron chi connectivity index (χ4n) is 3.10. The predicted octanol–water partition coefficient (Wildman–Crippen LogP) is 1.15. The molecule has 2 saturated heterocycles. The Morgan fingerprint density at radius 2 is 1.96 bits per heavy atom. The van der Waals surface area contributed by atoms with E-state index in [0.717, 1.165) is 0 Å². The van der Waals surface area contributed by atoms with Crippen LogP contribution in [0.3, 0.4) is 0 Å². The van der Waals surface area contributed by atoms with Crippen LogP contribution < -0.4 is 0 Å². The lowest BCUT2D eigenvalue weighted by atomic mass is 9.89. The maximum atomic E-state index is 12.5. The Hall–Kier alpha value is -1.99. The Kier molecular flexibility index (Phi) is 5.56. The molecule has 0 aromatic rings. The molecule has 0 bridgehead atoms. The first-order valence-corrected chi connectivity index (χ1v) is 8.35. The molecule has 0 radical (unpaired) electrons. The minimum atomic E-state index is -0.628. The molecule has 8 nitrogen and oxygen atoms in total. The molecular weight excluding hydrogens is 314 g/mol. The molecule has 0 aromatic heterocycles. The highest BCUT2D eigenvalue weighted by atomic mass is 16.5. The van der Waals surface area contributed by atoms with Crippen molar-refractivity contribution in [3.8, 4) is 0 Å². The van der Waals surface area contributed by atoms with E-state index in [1.54, 1.807) is 21.6 Å². The monoisotopic (exact) mass is 341 g/mol. The van der Waals surface area contributed by atoms with Crippen molar-refractivity contribution in [3.63, 3.8) is 0 Å². The molecule has 0 spiro atoms. The third-order valence-corrected chi connectivity index (χ3v) is 4.70. The number of urea groups is 1. The summed E-state index contributed by atoms with van der Waals surface area (Å²) in [4.78, 5) is 41.3. The minimum Gasteiger partial charge on any atom is -0.466 e. The molecule has 0 aliphatic carbocycles. The van der Waals surface area contributed by atoms with Crippen LogP contribution in [0.15, 0.2) is 0 Å². The minimum absolute atomic E-state index is 0.0175. The lowest BCUT2D eigenvalue weighted by molar-refractivity contribution is -0.153. The van der Waals surface area contributed by atoms with Crippen LogP contribution >= 0.6 is 0 Å². The van der Waals surface area contributed by atoms with E-state index in [9.17, 15) is 14.4 Å². The average molecular weight is 341 g/mol. The fraction of sp³-hybridized carbons (Fsp3) is 0.812. The number of piperazine rings is 1. The van der Waals surface area contributed by atoms with Gasteiger partial charge in [0, 0.05) is 32.7 Å². The number of esters is 1. The molecular formula is C16H27N3O5. The Labute approximate surface area is 142 Å². The van der Waals surface area contributed by atoms with E-state index in [1.807, 2.05) is 13.8 Å². The van der Waals surface area contributed by atoms with E-state index in [1.165, 1.54) is 7.11 Å². The molecule has 24 heavy (non-hydrogen) atoms. The van der Waals surface area contributed by atoms with Gasteiger partial charge in [-0.2, -0.15) is 0 Å². The van der Waals surface area contributed by atoms with Crippen LogP contribution in [0.1, 0.15) is 27.2 Å². The predicted molar refractivity (Wildman–Crippen MR) is 86.5 cm³/mol. The Morgan fingerprint density at radius 3 is 2.58 bits per heavy atom. The quantitative estimate of drug-likeness (QED) is 0.701. The van der Waals surface area contributed by atoms with E-state index in [-0.39, 0.29) is 24.1 Å². The first kappa shape index (κ1) is 18.4. The van der Waals surface area contributed by atoms with Crippen molar-refractivity contribution in [1.82, 2.24) is 14.7 Å². The number of rotatable bonds is 5. The molecule has 3 amide bonds. The van der Waals surface area contributed by atoms with Gasteiger partial charge in [0.05, 0.1) is 25.2 Å². The molecule has 2 fully saturated rings. The van der Waals surface area contributed by atoms with Crippen molar-refractivity contribution in [2.24, 2.45) is 5.41 Å². The van der Waals surface area contributed by atoms with Crippen molar-refractivity contribution < 1.29 is 23.9 Å². The Morgan fingerprint density at radius 1 is 1.25 bits per heavy atom. The summed E-state index contributed by atoms with van der Waals surface area (Å²) in [5, 5.41) is 0. The molecule has 0 saturated carbocycles. The second-order valence-electron chi connectivity index (χ2n) is 6.85. The molecule has 2 aliphatic rings. The number of carbonyl (C=O) groups is 3. The van der Waals surface area contributed by atoms with Gasteiger partial charge in [0.2, 0.25) is 0 Å². The Bertz CT molecular complexity index is 508. The smallest absolute Gasteiger partial charge is 0.409 e. The van der Waals surface area contributed by atoms with Crippen molar-refractivity contribution in [1.29, 1.82) is 0 Å². The zero-order chi connectivity index (χ0) is 17.9. The van der Waals surface area contributed by atoms with E-state index in [4.69, 9.17) is 9.47 Å². The molecule has 2 heterocycles. The first-order chi connectivity index (χ1) is 11.3. The van der Waals surface area contributed by atoms with Crippen LogP contribution in [0.4, 0.5) is 9.59 Å². The normalized spacial score (nSPS) is 20.9. The summed E-state index contributed by atoms with van der Waals surface area (Å²) in [6.45, 7) is 8.33. The number of nitrogens with zero attached hydrogens (tertiary/aromatic N) is 3. The van der Waals surface area contributed by atoms with Crippen LogP contribution in [-0.2, 0) is 14.3 Å². The van der Waals surface area contributed by atoms with Gasteiger partial charge in [0.25, 0.3) is 0 Å². The van der Waals surface area contributed by atoms with Gasteiger partial charge in [-0.25, -0.2) is 9.59 Å². The average Bonchev–Trinajstić information content (AvgIpc) is 2.88. The van der Waals surface area contributed by atoms with Crippen LogP contribution in [0.5, 0.6) is 0 Å². The zero-order valence-electron chi connectivity index (χ0n) is 14.9. The van der Waals surface area contributed by atoms with Gasteiger partial charge in [-0.05, 0) is 27.2 Å². The van der Waals surface area contributed by atoms with Gasteiger partial charge in [-0.3, -0.25) is 4.79 Å². The summed E-state index contributed by atoms with van der Waals surface area (Å²) in [6, 6.07) is -0.0415. The molecule has 1 atom stereocenters. The number of fused-ring (bicyclic) bond motifs is 1. The standard InChI is InChI=1S/C16H27N3O5/c1-5-24-13(20)16(2,3)6-7-17-10-12-11-18(15(22)23-4)8-9-19(12)14(17)21/h12H,5-11H2,1-4H3. The van der Waals surface area contributed by atoms with Crippen LogP contribution in [-0.4, -0.2) is 85.3 Å². The first-order valence-electron chi connectivity index (χ1n) is 8.35. The molecule has 2 rings (SSSR count). The molecule has 0 aromatic carbocycles. The van der Waals surface area contributed by atoms with Crippen molar-refractivity contribution in [2.75, 3.05) is 46.4 Å². The second kappa shape index (κ2) is 7.27. The third kappa shape index (κ3) is 3.73. The summed E-state index contributed by atoms with van der Waals surface area (Å²) < 4.78 is 9.84. The topological polar surface area (TPSA) is 79.4 Å². The van der Waals surface area contributed by atoms with E-state index in [2.05, 4.69) is 0 Å². The second-order valence-corrected chi connectivity index (χ2v) is 6.85. The van der Waals surface area contributed by atoms with Gasteiger partial charge >= 0.3 is 18.1 Å². The lowest BCUT2D eigenvalue weighted by Gasteiger charge is -2.35. The van der Waals surface area contributed by atoms with Crippen molar-refractivity contribution in [3.05, 3.63) is 0 Å². The van der Waals surface area contributed by atoms with Crippen LogP contribution in [0.2, 0.25) is 0 Å². The van der Waals surface area contributed by atoms with Gasteiger partial charge in [-0.1, -0.05) is 0 Å². The molecule has 0 N–H and O–H groups in total. The highest BCUT2D eigenvalue weighted by Gasteiger charge is 2.42. The van der Waals surface area contributed by atoms with Gasteiger partial charge < -0.3 is 24.2 Å². The SMILES string of the molecule is CCOC(=O)C(C)(C)CCN1CC2CN(C(=O)OC)CCN2C1=O. The number of amides is 3. The van der Waals surface area contributed by atoms with Crippen LogP contribution in [0.25, 0.3) is 0 Å². The van der Waals surface area contributed by atoms with Gasteiger partial charge in [-0.15, -0.1) is 0 Å². The molecule has 136 valence electrons. The maximum Gasteiger partial charge on any atom is 0.409 e. The largest absolute Gasteiger partial charge is 0.466 e. The number of carbonyl (C=O) groups excluding carboxylic acids is 3. The Balaban J connectivity index is 1.91. The summed E-state index contributed by atoms with van der Waals surface area (Å²) in [6.07, 6.45) is 0.183. The molecule has 2 aliphatic heterocycles. The summed E-state index contributed by atoms with van der Waals surface area (Å²) in [5.74, 6) is -0.244. The molecule has 1 unspecified atom stereocenters. The lowest BCUT2D eigenvalue weighted by Crippen LogP contribution is -2.53. The number of methoxy groups -OCH3 is 1. The van der Waals surface area contributed by atoms with E-state index in [0.29, 0.717) is 45.8 Å². The highest BCUT2D eigenvalue weighted by molar-refractivity contribution is 5.79. The number of ether oxygens (including phenoxy) is 2. The maximum absolute atomic E-state index is 12.5. The van der Waals surface area contributed by atoms with Gasteiger partial charge in [0.15, 0.2) is 0 Å². The summed E-state index contributed by atoms with van der Waals surface area (Å²) in [7, 11) is 1.36. The third-order valence-electron chi connectivity index (χ3n) is 4.70. The number of hydrogen-bond acceptors (Lipinski definition) is 5. The van der Waals surface area contributed by atoms with Gasteiger partial charge in [0.1, 0.15) is 0 Å². The zero-order valence-corrected chi connectivity index (χ0v) is 14.9. The van der Waals surface area contributed by atoms with Crippen molar-refractivity contribution >= 4 is 18.1 Å².